The van der Waals surface area contributed by atoms with Crippen molar-refractivity contribution in [3.63, 3.8) is 0 Å². The van der Waals surface area contributed by atoms with E-state index in [9.17, 15) is 0 Å². The summed E-state index contributed by atoms with van der Waals surface area (Å²) < 4.78 is 0. The first-order valence-electron chi connectivity index (χ1n) is 6.09. The number of rotatable bonds is 6. The first kappa shape index (κ1) is 12.9. The topological polar surface area (TPSA) is 52.7 Å². The molecule has 0 aromatic rings. The van der Waals surface area contributed by atoms with E-state index in [0.717, 1.165) is 45.7 Å². The van der Waals surface area contributed by atoms with Gasteiger partial charge in [0.05, 0.1) is 6.61 Å². The molecule has 0 aliphatic carbocycles. The summed E-state index contributed by atoms with van der Waals surface area (Å²) in [6.07, 6.45) is 2.30. The van der Waals surface area contributed by atoms with E-state index in [4.69, 9.17) is 10.8 Å². The van der Waals surface area contributed by atoms with Crippen molar-refractivity contribution in [1.29, 1.82) is 0 Å². The maximum atomic E-state index is 8.85. The van der Waals surface area contributed by atoms with E-state index in [2.05, 4.69) is 16.7 Å². The van der Waals surface area contributed by atoms with E-state index >= 15 is 0 Å². The lowest BCUT2D eigenvalue weighted by Gasteiger charge is -2.38. The highest BCUT2D eigenvalue weighted by Crippen LogP contribution is 2.11. The molecular weight excluding hydrogens is 190 g/mol. The van der Waals surface area contributed by atoms with Crippen LogP contribution in [0.25, 0.3) is 0 Å². The van der Waals surface area contributed by atoms with Crippen molar-refractivity contribution in [2.45, 2.75) is 25.8 Å². The van der Waals surface area contributed by atoms with Crippen LogP contribution in [-0.2, 0) is 0 Å². The maximum absolute atomic E-state index is 8.85. The van der Waals surface area contributed by atoms with Crippen LogP contribution in [-0.4, -0.2) is 66.8 Å². The molecular formula is C11H25N3O. The molecule has 0 bridgehead atoms. The molecule has 0 amide bonds. The molecule has 1 saturated heterocycles. The summed E-state index contributed by atoms with van der Waals surface area (Å²) in [7, 11) is 0. The molecule has 1 unspecified atom stereocenters. The van der Waals surface area contributed by atoms with Crippen LogP contribution < -0.4 is 5.73 Å². The fraction of sp³-hybridized carbons (Fsp3) is 1.00. The van der Waals surface area contributed by atoms with Crippen molar-refractivity contribution in [2.24, 2.45) is 5.73 Å². The Morgan fingerprint density at radius 2 is 1.93 bits per heavy atom. The van der Waals surface area contributed by atoms with Gasteiger partial charge in [-0.15, -0.1) is 0 Å². The van der Waals surface area contributed by atoms with Gasteiger partial charge in [-0.25, -0.2) is 0 Å². The van der Waals surface area contributed by atoms with E-state index in [0.29, 0.717) is 6.04 Å². The van der Waals surface area contributed by atoms with E-state index in [-0.39, 0.29) is 6.61 Å². The minimum atomic E-state index is 0.278. The van der Waals surface area contributed by atoms with Crippen LogP contribution in [0.1, 0.15) is 19.8 Å². The largest absolute Gasteiger partial charge is 0.395 e. The van der Waals surface area contributed by atoms with Gasteiger partial charge in [0, 0.05) is 38.8 Å². The third-order valence-electron chi connectivity index (χ3n) is 3.31. The predicted octanol–water partition coefficient (Wildman–Crippen LogP) is -0.276. The second-order valence-corrected chi connectivity index (χ2v) is 4.24. The molecule has 1 aliphatic heterocycles. The van der Waals surface area contributed by atoms with Gasteiger partial charge in [0.2, 0.25) is 0 Å². The van der Waals surface area contributed by atoms with Gasteiger partial charge in [0.15, 0.2) is 0 Å². The molecule has 0 saturated carbocycles. The standard InChI is InChI=1S/C11H25N3O/c1-2-11(3-4-12)14-7-5-13(6-8-14)9-10-15/h11,15H,2-10,12H2,1H3. The van der Waals surface area contributed by atoms with Gasteiger partial charge in [0.1, 0.15) is 0 Å². The SMILES string of the molecule is CCC(CCN)N1CCN(CCO)CC1. The van der Waals surface area contributed by atoms with E-state index in [1.54, 1.807) is 0 Å². The highest BCUT2D eigenvalue weighted by molar-refractivity contribution is 4.77. The monoisotopic (exact) mass is 215 g/mol. The first-order chi connectivity index (χ1) is 7.31. The van der Waals surface area contributed by atoms with Gasteiger partial charge in [-0.3, -0.25) is 9.80 Å². The number of nitrogens with zero attached hydrogens (tertiary/aromatic N) is 2. The third-order valence-corrected chi connectivity index (χ3v) is 3.31. The van der Waals surface area contributed by atoms with Crippen LogP contribution in [0.2, 0.25) is 0 Å². The number of aliphatic hydroxyl groups is 1. The van der Waals surface area contributed by atoms with Gasteiger partial charge in [-0.1, -0.05) is 6.92 Å². The van der Waals surface area contributed by atoms with Crippen molar-refractivity contribution in [1.82, 2.24) is 9.80 Å². The first-order valence-corrected chi connectivity index (χ1v) is 6.09. The summed E-state index contributed by atoms with van der Waals surface area (Å²) in [6.45, 7) is 8.54. The number of hydrogen-bond donors (Lipinski definition) is 2. The number of β-amino-alcohol motifs (C(OH)–C–C–N with tert-alkyl or cyclic N) is 1. The van der Waals surface area contributed by atoms with Crippen LogP contribution in [0.15, 0.2) is 0 Å². The molecule has 0 spiro atoms. The summed E-state index contributed by atoms with van der Waals surface area (Å²) in [5.41, 5.74) is 5.62. The van der Waals surface area contributed by atoms with Gasteiger partial charge in [0.25, 0.3) is 0 Å². The quantitative estimate of drug-likeness (QED) is 0.640. The zero-order chi connectivity index (χ0) is 11.1. The Morgan fingerprint density at radius 3 is 2.40 bits per heavy atom. The van der Waals surface area contributed by atoms with Crippen molar-refractivity contribution in [3.05, 3.63) is 0 Å². The highest BCUT2D eigenvalue weighted by Gasteiger charge is 2.21. The zero-order valence-corrected chi connectivity index (χ0v) is 9.86. The van der Waals surface area contributed by atoms with Gasteiger partial charge in [-0.2, -0.15) is 0 Å². The van der Waals surface area contributed by atoms with Crippen molar-refractivity contribution < 1.29 is 5.11 Å². The minimum absolute atomic E-state index is 0.278. The molecule has 4 nitrogen and oxygen atoms in total. The average Bonchev–Trinajstić information content (AvgIpc) is 2.28. The fourth-order valence-electron chi connectivity index (χ4n) is 2.33. The number of aliphatic hydroxyl groups excluding tert-OH is 1. The molecule has 1 atom stereocenters. The Kier molecular flexibility index (Phi) is 6.17. The normalized spacial score (nSPS) is 21.8. The van der Waals surface area contributed by atoms with E-state index in [1.807, 2.05) is 0 Å². The summed E-state index contributed by atoms with van der Waals surface area (Å²) in [6, 6.07) is 0.659. The van der Waals surface area contributed by atoms with Gasteiger partial charge >= 0.3 is 0 Å². The number of hydrogen-bond acceptors (Lipinski definition) is 4. The summed E-state index contributed by atoms with van der Waals surface area (Å²) >= 11 is 0. The number of piperazine rings is 1. The van der Waals surface area contributed by atoms with Crippen molar-refractivity contribution in [2.75, 3.05) is 45.9 Å². The Balaban J connectivity index is 2.28. The molecule has 90 valence electrons. The molecule has 0 radical (unpaired) electrons. The molecule has 4 heteroatoms. The fourth-order valence-corrected chi connectivity index (χ4v) is 2.33. The molecule has 1 aliphatic rings. The van der Waals surface area contributed by atoms with E-state index < -0.39 is 0 Å². The molecule has 1 fully saturated rings. The van der Waals surface area contributed by atoms with Gasteiger partial charge < -0.3 is 10.8 Å². The molecule has 1 rings (SSSR count). The third kappa shape index (κ3) is 4.07. The van der Waals surface area contributed by atoms with Crippen LogP contribution in [0.3, 0.4) is 0 Å². The van der Waals surface area contributed by atoms with Crippen LogP contribution in [0.4, 0.5) is 0 Å². The Morgan fingerprint density at radius 1 is 1.27 bits per heavy atom. The van der Waals surface area contributed by atoms with Crippen molar-refractivity contribution in [3.8, 4) is 0 Å². The van der Waals surface area contributed by atoms with Crippen LogP contribution in [0.5, 0.6) is 0 Å². The lowest BCUT2D eigenvalue weighted by Crippen LogP contribution is -2.51. The smallest absolute Gasteiger partial charge is 0.0558 e. The molecule has 3 N–H and O–H groups in total. The average molecular weight is 215 g/mol. The van der Waals surface area contributed by atoms with Crippen LogP contribution in [0, 0.1) is 0 Å². The summed E-state index contributed by atoms with van der Waals surface area (Å²) in [4.78, 5) is 4.87. The van der Waals surface area contributed by atoms with Crippen LogP contribution >= 0.6 is 0 Å². The predicted molar refractivity (Wildman–Crippen MR) is 62.8 cm³/mol. The van der Waals surface area contributed by atoms with Gasteiger partial charge in [-0.05, 0) is 19.4 Å². The maximum Gasteiger partial charge on any atom is 0.0558 e. The summed E-state index contributed by atoms with van der Waals surface area (Å²) in [5.74, 6) is 0. The number of nitrogens with two attached hydrogens (primary N) is 1. The van der Waals surface area contributed by atoms with E-state index in [1.165, 1.54) is 6.42 Å². The molecule has 1 heterocycles. The molecule has 15 heavy (non-hydrogen) atoms. The highest BCUT2D eigenvalue weighted by atomic mass is 16.3. The second kappa shape index (κ2) is 7.17. The van der Waals surface area contributed by atoms with Crippen molar-refractivity contribution >= 4 is 0 Å². The lowest BCUT2D eigenvalue weighted by molar-refractivity contribution is 0.0798. The lowest BCUT2D eigenvalue weighted by atomic mass is 10.1. The Bertz CT molecular complexity index is 158. The minimum Gasteiger partial charge on any atom is -0.395 e. The second-order valence-electron chi connectivity index (χ2n) is 4.24. The molecule has 0 aromatic heterocycles. The zero-order valence-electron chi connectivity index (χ0n) is 9.86. The Labute approximate surface area is 93.0 Å². The Hall–Kier alpha value is -0.160. The summed E-state index contributed by atoms with van der Waals surface area (Å²) in [5, 5.41) is 8.85. The molecule has 0 aromatic carbocycles.